The van der Waals surface area contributed by atoms with Crippen LogP contribution in [0.15, 0.2) is 67.1 Å². The molecule has 0 aliphatic carbocycles. The molecule has 2 aromatic heterocycles. The van der Waals surface area contributed by atoms with Gasteiger partial charge in [0.05, 0.1) is 5.69 Å². The van der Waals surface area contributed by atoms with Crippen LogP contribution < -0.4 is 0 Å². The van der Waals surface area contributed by atoms with Crippen molar-refractivity contribution in [1.82, 2.24) is 9.97 Å². The number of pyridine rings is 2. The lowest BCUT2D eigenvalue weighted by molar-refractivity contribution is 0.475. The third-order valence-corrected chi connectivity index (χ3v) is 2.94. The van der Waals surface area contributed by atoms with Crippen molar-refractivity contribution in [3.63, 3.8) is 0 Å². The van der Waals surface area contributed by atoms with Crippen LogP contribution in [0, 0.1) is 0 Å². The number of nitrogens with zero attached hydrogens (tertiary/aromatic N) is 2. The van der Waals surface area contributed by atoms with Gasteiger partial charge < -0.3 is 5.11 Å². The van der Waals surface area contributed by atoms with E-state index in [4.69, 9.17) is 0 Å². The Balaban J connectivity index is 1.93. The van der Waals surface area contributed by atoms with E-state index in [1.807, 2.05) is 42.6 Å². The normalized spacial score (nSPS) is 10.3. The summed E-state index contributed by atoms with van der Waals surface area (Å²) in [5.41, 5.74) is 4.03. The molecule has 3 heteroatoms. The van der Waals surface area contributed by atoms with Crippen molar-refractivity contribution in [1.29, 1.82) is 0 Å². The molecule has 0 radical (unpaired) electrons. The van der Waals surface area contributed by atoms with Crippen molar-refractivity contribution < 1.29 is 5.11 Å². The van der Waals surface area contributed by atoms with Crippen molar-refractivity contribution in [2.75, 3.05) is 0 Å². The van der Waals surface area contributed by atoms with E-state index in [9.17, 15) is 5.11 Å². The van der Waals surface area contributed by atoms with E-state index in [0.717, 1.165) is 22.4 Å². The van der Waals surface area contributed by atoms with Crippen molar-refractivity contribution in [3.8, 4) is 28.1 Å². The van der Waals surface area contributed by atoms with Crippen LogP contribution in [-0.4, -0.2) is 15.1 Å². The first-order valence-electron chi connectivity index (χ1n) is 5.99. The van der Waals surface area contributed by atoms with Crippen LogP contribution in [0.3, 0.4) is 0 Å². The van der Waals surface area contributed by atoms with E-state index >= 15 is 0 Å². The number of benzene rings is 1. The second-order valence-corrected chi connectivity index (χ2v) is 4.21. The van der Waals surface area contributed by atoms with Crippen molar-refractivity contribution in [3.05, 3.63) is 67.1 Å². The maximum absolute atomic E-state index is 9.27. The third kappa shape index (κ3) is 2.45. The Morgan fingerprint density at radius 3 is 2.00 bits per heavy atom. The van der Waals surface area contributed by atoms with E-state index in [1.54, 1.807) is 24.5 Å². The minimum absolute atomic E-state index is 0.269. The molecule has 92 valence electrons. The molecule has 1 N–H and O–H groups in total. The second kappa shape index (κ2) is 4.90. The Kier molecular flexibility index (Phi) is 2.94. The lowest BCUT2D eigenvalue weighted by Crippen LogP contribution is -1.85. The fourth-order valence-electron chi connectivity index (χ4n) is 1.91. The molecule has 0 aliphatic rings. The van der Waals surface area contributed by atoms with Crippen molar-refractivity contribution in [2.45, 2.75) is 0 Å². The highest BCUT2D eigenvalue weighted by atomic mass is 16.3. The molecule has 0 unspecified atom stereocenters. The zero-order valence-corrected chi connectivity index (χ0v) is 10.2. The number of phenolic OH excluding ortho intramolecular Hbond substituents is 1. The van der Waals surface area contributed by atoms with Gasteiger partial charge in [-0.15, -0.1) is 0 Å². The van der Waals surface area contributed by atoms with Gasteiger partial charge in [0.1, 0.15) is 5.75 Å². The molecule has 3 aromatic rings. The van der Waals surface area contributed by atoms with E-state index in [-0.39, 0.29) is 5.75 Å². The minimum Gasteiger partial charge on any atom is -0.508 e. The molecular weight excluding hydrogens is 236 g/mol. The summed E-state index contributed by atoms with van der Waals surface area (Å²) in [6, 6.07) is 15.0. The molecule has 3 nitrogen and oxygen atoms in total. The topological polar surface area (TPSA) is 46.0 Å². The molecule has 2 heterocycles. The largest absolute Gasteiger partial charge is 0.508 e. The van der Waals surface area contributed by atoms with Crippen molar-refractivity contribution >= 4 is 0 Å². The highest BCUT2D eigenvalue weighted by Crippen LogP contribution is 2.23. The fourth-order valence-corrected chi connectivity index (χ4v) is 1.91. The number of rotatable bonds is 2. The number of aromatic nitrogens is 2. The predicted octanol–water partition coefficient (Wildman–Crippen LogP) is 3.52. The zero-order valence-electron chi connectivity index (χ0n) is 10.2. The highest BCUT2D eigenvalue weighted by Gasteiger charge is 2.01. The first-order chi connectivity index (χ1) is 9.33. The molecule has 0 bridgehead atoms. The number of hydrogen-bond donors (Lipinski definition) is 1. The van der Waals surface area contributed by atoms with Gasteiger partial charge in [-0.25, -0.2) is 0 Å². The summed E-state index contributed by atoms with van der Waals surface area (Å²) < 4.78 is 0. The Labute approximate surface area is 111 Å². The van der Waals surface area contributed by atoms with Gasteiger partial charge in [0.2, 0.25) is 0 Å². The fraction of sp³-hybridized carbons (Fsp3) is 0. The lowest BCUT2D eigenvalue weighted by Gasteiger charge is -2.04. The van der Waals surface area contributed by atoms with Gasteiger partial charge in [-0.2, -0.15) is 0 Å². The summed E-state index contributed by atoms with van der Waals surface area (Å²) in [6.45, 7) is 0. The Hall–Kier alpha value is -2.68. The summed E-state index contributed by atoms with van der Waals surface area (Å²) in [5, 5.41) is 9.27. The third-order valence-electron chi connectivity index (χ3n) is 2.94. The zero-order chi connectivity index (χ0) is 13.1. The van der Waals surface area contributed by atoms with E-state index in [2.05, 4.69) is 9.97 Å². The molecule has 0 saturated carbocycles. The van der Waals surface area contributed by atoms with Crippen LogP contribution in [0.5, 0.6) is 5.75 Å². The van der Waals surface area contributed by atoms with E-state index < -0.39 is 0 Å². The molecule has 0 spiro atoms. The van der Waals surface area contributed by atoms with Crippen LogP contribution in [0.25, 0.3) is 22.4 Å². The predicted molar refractivity (Wildman–Crippen MR) is 74.6 cm³/mol. The molecule has 1 aromatic carbocycles. The quantitative estimate of drug-likeness (QED) is 0.754. The van der Waals surface area contributed by atoms with Gasteiger partial charge in [0.15, 0.2) is 0 Å². The highest BCUT2D eigenvalue weighted by molar-refractivity contribution is 5.66. The van der Waals surface area contributed by atoms with E-state index in [0.29, 0.717) is 0 Å². The smallest absolute Gasteiger partial charge is 0.115 e. The Bertz CT molecular complexity index is 661. The number of phenols is 1. The van der Waals surface area contributed by atoms with E-state index in [1.165, 1.54) is 0 Å². The Morgan fingerprint density at radius 2 is 1.37 bits per heavy atom. The van der Waals surface area contributed by atoms with Crippen LogP contribution >= 0.6 is 0 Å². The first-order valence-corrected chi connectivity index (χ1v) is 5.99. The van der Waals surface area contributed by atoms with Gasteiger partial charge in [-0.1, -0.05) is 18.2 Å². The van der Waals surface area contributed by atoms with Gasteiger partial charge >= 0.3 is 0 Å². The lowest BCUT2D eigenvalue weighted by atomic mass is 10.1. The van der Waals surface area contributed by atoms with Gasteiger partial charge in [-0.05, 0) is 35.9 Å². The van der Waals surface area contributed by atoms with Gasteiger partial charge in [0, 0.05) is 29.7 Å². The summed E-state index contributed by atoms with van der Waals surface area (Å²) in [6.07, 6.45) is 5.35. The number of hydrogen-bond acceptors (Lipinski definition) is 3. The maximum atomic E-state index is 9.27. The van der Waals surface area contributed by atoms with Crippen LogP contribution in [0.1, 0.15) is 0 Å². The summed E-state index contributed by atoms with van der Waals surface area (Å²) >= 11 is 0. The monoisotopic (exact) mass is 248 g/mol. The molecule has 0 amide bonds. The second-order valence-electron chi connectivity index (χ2n) is 4.21. The van der Waals surface area contributed by atoms with Crippen LogP contribution in [0.2, 0.25) is 0 Å². The first kappa shape index (κ1) is 11.4. The molecular formula is C16H12N2O. The molecule has 0 atom stereocenters. The van der Waals surface area contributed by atoms with Gasteiger partial charge in [-0.3, -0.25) is 9.97 Å². The van der Waals surface area contributed by atoms with Gasteiger partial charge in [0.25, 0.3) is 0 Å². The standard InChI is InChI=1S/C16H12N2O/c19-15-4-1-12(2-5-15)14-3-6-16(18-11-14)13-7-9-17-10-8-13/h1-11,19H. The number of aromatic hydroxyl groups is 1. The summed E-state index contributed by atoms with van der Waals surface area (Å²) in [4.78, 5) is 8.45. The van der Waals surface area contributed by atoms with Crippen LogP contribution in [-0.2, 0) is 0 Å². The Morgan fingerprint density at radius 1 is 0.684 bits per heavy atom. The molecule has 0 aliphatic heterocycles. The van der Waals surface area contributed by atoms with Crippen molar-refractivity contribution in [2.24, 2.45) is 0 Å². The molecule has 0 fully saturated rings. The molecule has 3 rings (SSSR count). The minimum atomic E-state index is 0.269. The average molecular weight is 248 g/mol. The summed E-state index contributed by atoms with van der Waals surface area (Å²) in [7, 11) is 0. The molecule has 0 saturated heterocycles. The SMILES string of the molecule is Oc1ccc(-c2ccc(-c3ccncc3)nc2)cc1. The average Bonchev–Trinajstić information content (AvgIpc) is 2.49. The summed E-state index contributed by atoms with van der Waals surface area (Å²) in [5.74, 6) is 0.269. The molecule has 19 heavy (non-hydrogen) atoms. The van der Waals surface area contributed by atoms with Crippen LogP contribution in [0.4, 0.5) is 0 Å². The maximum Gasteiger partial charge on any atom is 0.115 e.